The smallest absolute Gasteiger partial charge is 0.406 e. The number of rotatable bonds is 6. The van der Waals surface area contributed by atoms with Crippen LogP contribution in [0.3, 0.4) is 0 Å². The van der Waals surface area contributed by atoms with Crippen LogP contribution in [0.2, 0.25) is 0 Å². The second-order valence-corrected chi connectivity index (χ2v) is 6.79. The molecule has 0 bridgehead atoms. The summed E-state index contributed by atoms with van der Waals surface area (Å²) >= 11 is 2.28. The number of nitrogens with one attached hydrogen (secondary N) is 3. The molecule has 1 aromatic heterocycles. The molecule has 3 N–H and O–H groups in total. The summed E-state index contributed by atoms with van der Waals surface area (Å²) in [5, 5.41) is 11.0. The summed E-state index contributed by atoms with van der Waals surface area (Å²) in [4.78, 5) is 22.1. The van der Waals surface area contributed by atoms with Crippen LogP contribution in [-0.4, -0.2) is 34.1 Å². The lowest BCUT2D eigenvalue weighted by Gasteiger charge is -2.09. The van der Waals surface area contributed by atoms with Crippen LogP contribution in [0.5, 0.6) is 5.75 Å². The first-order chi connectivity index (χ1) is 12.2. The number of benzene rings is 1. The van der Waals surface area contributed by atoms with Gasteiger partial charge in [0.1, 0.15) is 5.75 Å². The van der Waals surface area contributed by atoms with Gasteiger partial charge < -0.3 is 10.1 Å². The van der Waals surface area contributed by atoms with Crippen molar-refractivity contribution < 1.29 is 27.5 Å². The van der Waals surface area contributed by atoms with E-state index in [2.05, 4.69) is 31.1 Å². The molecule has 0 spiro atoms. The van der Waals surface area contributed by atoms with E-state index in [4.69, 9.17) is 0 Å². The van der Waals surface area contributed by atoms with E-state index >= 15 is 0 Å². The van der Waals surface area contributed by atoms with Crippen LogP contribution in [0.1, 0.15) is 6.92 Å². The number of carbonyl (C=O) groups is 2. The highest BCUT2D eigenvalue weighted by Gasteiger charge is 2.30. The SMILES string of the molecule is CC(=O)NNC(=O)CSc1nnc(Nc2ccc(OC(F)(F)F)cc2)s1. The Labute approximate surface area is 153 Å². The highest BCUT2D eigenvalue weighted by molar-refractivity contribution is 8.01. The number of carbonyl (C=O) groups excluding carboxylic acids is 2. The van der Waals surface area contributed by atoms with Gasteiger partial charge in [-0.3, -0.25) is 20.4 Å². The maximum atomic E-state index is 12.1. The molecule has 0 atom stereocenters. The molecule has 8 nitrogen and oxygen atoms in total. The lowest BCUT2D eigenvalue weighted by Crippen LogP contribution is -2.41. The molecule has 0 saturated heterocycles. The molecule has 0 radical (unpaired) electrons. The third-order valence-corrected chi connectivity index (χ3v) is 4.42. The number of hydrogen-bond donors (Lipinski definition) is 3. The topological polar surface area (TPSA) is 105 Å². The summed E-state index contributed by atoms with van der Waals surface area (Å²) in [6.45, 7) is 1.26. The van der Waals surface area contributed by atoms with Crippen molar-refractivity contribution in [3.05, 3.63) is 24.3 Å². The minimum Gasteiger partial charge on any atom is -0.406 e. The Hall–Kier alpha value is -2.54. The molecule has 2 rings (SSSR count). The maximum Gasteiger partial charge on any atom is 0.573 e. The lowest BCUT2D eigenvalue weighted by atomic mass is 10.3. The number of nitrogens with zero attached hydrogens (tertiary/aromatic N) is 2. The van der Waals surface area contributed by atoms with E-state index in [0.717, 1.165) is 23.1 Å². The van der Waals surface area contributed by atoms with Crippen LogP contribution in [-0.2, 0) is 9.59 Å². The Morgan fingerprint density at radius 1 is 1.19 bits per heavy atom. The fraction of sp³-hybridized carbons (Fsp3) is 0.231. The molecule has 26 heavy (non-hydrogen) atoms. The summed E-state index contributed by atoms with van der Waals surface area (Å²) in [6, 6.07) is 5.13. The zero-order valence-corrected chi connectivity index (χ0v) is 14.7. The minimum absolute atomic E-state index is 0.0262. The van der Waals surface area contributed by atoms with Crippen molar-refractivity contribution in [2.75, 3.05) is 11.1 Å². The fourth-order valence-electron chi connectivity index (χ4n) is 1.50. The van der Waals surface area contributed by atoms with E-state index < -0.39 is 18.2 Å². The molecule has 1 aromatic carbocycles. The number of aromatic nitrogens is 2. The summed E-state index contributed by atoms with van der Waals surface area (Å²) < 4.78 is 40.6. The Morgan fingerprint density at radius 2 is 1.88 bits per heavy atom. The first-order valence-corrected chi connectivity index (χ1v) is 8.66. The van der Waals surface area contributed by atoms with Gasteiger partial charge in [0.2, 0.25) is 16.9 Å². The molecule has 1 heterocycles. The highest BCUT2D eigenvalue weighted by Crippen LogP contribution is 2.29. The van der Waals surface area contributed by atoms with Gasteiger partial charge in [-0.05, 0) is 24.3 Å². The van der Waals surface area contributed by atoms with E-state index in [9.17, 15) is 22.8 Å². The van der Waals surface area contributed by atoms with Crippen molar-refractivity contribution in [1.82, 2.24) is 21.0 Å². The maximum absolute atomic E-state index is 12.1. The van der Waals surface area contributed by atoms with Gasteiger partial charge >= 0.3 is 6.36 Å². The van der Waals surface area contributed by atoms with Gasteiger partial charge in [0.15, 0.2) is 4.34 Å². The molecule has 13 heteroatoms. The van der Waals surface area contributed by atoms with Crippen molar-refractivity contribution in [2.24, 2.45) is 0 Å². The van der Waals surface area contributed by atoms with Crippen LogP contribution in [0, 0.1) is 0 Å². The van der Waals surface area contributed by atoms with Gasteiger partial charge in [-0.25, -0.2) is 0 Å². The van der Waals surface area contributed by atoms with E-state index in [1.54, 1.807) is 0 Å². The number of amides is 2. The number of hydrogen-bond acceptors (Lipinski definition) is 8. The molecule has 2 amide bonds. The molecule has 0 aliphatic rings. The van der Waals surface area contributed by atoms with Gasteiger partial charge in [-0.15, -0.1) is 23.4 Å². The number of alkyl halides is 3. The molecule has 0 saturated carbocycles. The largest absolute Gasteiger partial charge is 0.573 e. The monoisotopic (exact) mass is 407 g/mol. The van der Waals surface area contributed by atoms with Crippen LogP contribution < -0.4 is 20.9 Å². The second kappa shape index (κ2) is 8.71. The van der Waals surface area contributed by atoms with Gasteiger partial charge in [-0.1, -0.05) is 23.1 Å². The summed E-state index contributed by atoms with van der Waals surface area (Å²) in [6.07, 6.45) is -4.74. The third-order valence-electron chi connectivity index (χ3n) is 2.45. The molecule has 140 valence electrons. The average molecular weight is 407 g/mol. The number of anilines is 2. The van der Waals surface area contributed by atoms with Crippen molar-refractivity contribution >= 4 is 45.7 Å². The molecular weight excluding hydrogens is 395 g/mol. The summed E-state index contributed by atoms with van der Waals surface area (Å²) in [5.41, 5.74) is 4.87. The van der Waals surface area contributed by atoms with Crippen molar-refractivity contribution in [2.45, 2.75) is 17.6 Å². The zero-order valence-electron chi connectivity index (χ0n) is 13.1. The Kier molecular flexibility index (Phi) is 6.63. The van der Waals surface area contributed by atoms with Gasteiger partial charge in [0.25, 0.3) is 0 Å². The third kappa shape index (κ3) is 7.14. The second-order valence-electron chi connectivity index (χ2n) is 4.59. The zero-order chi connectivity index (χ0) is 19.2. The fourth-order valence-corrected chi connectivity index (χ4v) is 3.08. The number of halogens is 3. The Bertz CT molecular complexity index is 767. The lowest BCUT2D eigenvalue weighted by molar-refractivity contribution is -0.274. The quantitative estimate of drug-likeness (QED) is 0.499. The average Bonchev–Trinajstić information content (AvgIpc) is 2.99. The number of thioether (sulfide) groups is 1. The molecule has 0 aliphatic heterocycles. The molecule has 0 fully saturated rings. The normalized spacial score (nSPS) is 10.9. The van der Waals surface area contributed by atoms with Crippen LogP contribution >= 0.6 is 23.1 Å². The summed E-state index contributed by atoms with van der Waals surface area (Å²) in [7, 11) is 0. The highest BCUT2D eigenvalue weighted by atomic mass is 32.2. The summed E-state index contributed by atoms with van der Waals surface area (Å²) in [5.74, 6) is -1.10. The number of hydrazine groups is 1. The van der Waals surface area contributed by atoms with E-state index in [1.165, 1.54) is 31.2 Å². The van der Waals surface area contributed by atoms with E-state index in [1.807, 2.05) is 0 Å². The van der Waals surface area contributed by atoms with Gasteiger partial charge in [0.05, 0.1) is 5.75 Å². The van der Waals surface area contributed by atoms with E-state index in [-0.39, 0.29) is 11.5 Å². The van der Waals surface area contributed by atoms with E-state index in [0.29, 0.717) is 15.2 Å². The van der Waals surface area contributed by atoms with Crippen LogP contribution in [0.25, 0.3) is 0 Å². The predicted molar refractivity (Wildman–Crippen MR) is 89.0 cm³/mol. The van der Waals surface area contributed by atoms with Crippen molar-refractivity contribution in [3.8, 4) is 5.75 Å². The minimum atomic E-state index is -4.74. The van der Waals surface area contributed by atoms with Gasteiger partial charge in [0, 0.05) is 12.6 Å². The van der Waals surface area contributed by atoms with Crippen molar-refractivity contribution in [1.29, 1.82) is 0 Å². The standard InChI is InChI=1S/C13H12F3N5O3S2/c1-7(22)18-19-10(23)6-25-12-21-20-11(26-12)17-8-2-4-9(5-3-8)24-13(14,15)16/h2-5H,6H2,1H3,(H,17,20)(H,18,22)(H,19,23). The molecule has 0 unspecified atom stereocenters. The number of ether oxygens (including phenoxy) is 1. The molecular formula is C13H12F3N5O3S2. The molecule has 0 aliphatic carbocycles. The molecule has 2 aromatic rings. The predicted octanol–water partition coefficient (Wildman–Crippen LogP) is 2.44. The first kappa shape index (κ1) is 19.8. The first-order valence-electron chi connectivity index (χ1n) is 6.86. The van der Waals surface area contributed by atoms with Gasteiger partial charge in [-0.2, -0.15) is 0 Å². The Balaban J connectivity index is 1.84. The van der Waals surface area contributed by atoms with Crippen molar-refractivity contribution in [3.63, 3.8) is 0 Å². The van der Waals surface area contributed by atoms with Crippen LogP contribution in [0.4, 0.5) is 24.0 Å². The van der Waals surface area contributed by atoms with Crippen LogP contribution in [0.15, 0.2) is 28.6 Å². The Morgan fingerprint density at radius 3 is 2.50 bits per heavy atom.